The smallest absolute Gasteiger partial charge is 0.238 e. The normalized spacial score (nSPS) is 17.0. The van der Waals surface area contributed by atoms with E-state index in [2.05, 4.69) is 22.8 Å². The van der Waals surface area contributed by atoms with Crippen LogP contribution in [0.4, 0.5) is 5.69 Å². The highest BCUT2D eigenvalue weighted by Crippen LogP contribution is 2.42. The van der Waals surface area contributed by atoms with E-state index >= 15 is 0 Å². The van der Waals surface area contributed by atoms with Gasteiger partial charge in [-0.3, -0.25) is 10.1 Å². The predicted molar refractivity (Wildman–Crippen MR) is 112 cm³/mol. The third kappa shape index (κ3) is 4.32. The Hall–Kier alpha value is -2.73. The molecule has 0 aromatic heterocycles. The highest BCUT2D eigenvalue weighted by molar-refractivity contribution is 5.93. The molecule has 1 heterocycles. The lowest BCUT2D eigenvalue weighted by molar-refractivity contribution is -0.115. The van der Waals surface area contributed by atoms with Crippen LogP contribution in [0.1, 0.15) is 38.2 Å². The molecule has 2 N–H and O–H groups in total. The average molecular weight is 396 g/mol. The van der Waals surface area contributed by atoms with Gasteiger partial charge in [0.25, 0.3) is 0 Å². The van der Waals surface area contributed by atoms with E-state index in [9.17, 15) is 4.79 Å². The molecular weight excluding hydrogens is 368 g/mol. The van der Waals surface area contributed by atoms with Crippen molar-refractivity contribution in [1.82, 2.24) is 5.32 Å². The van der Waals surface area contributed by atoms with E-state index in [-0.39, 0.29) is 18.0 Å². The van der Waals surface area contributed by atoms with Crippen LogP contribution in [0.3, 0.4) is 0 Å². The van der Waals surface area contributed by atoms with Crippen molar-refractivity contribution in [2.75, 3.05) is 31.7 Å². The van der Waals surface area contributed by atoms with Gasteiger partial charge in [0.2, 0.25) is 5.91 Å². The second kappa shape index (κ2) is 8.74. The van der Waals surface area contributed by atoms with Crippen LogP contribution in [-0.2, 0) is 10.3 Å². The van der Waals surface area contributed by atoms with Crippen LogP contribution < -0.4 is 24.8 Å². The maximum atomic E-state index is 12.7. The molecule has 29 heavy (non-hydrogen) atoms. The van der Waals surface area contributed by atoms with E-state index in [1.54, 1.807) is 0 Å². The first-order valence-electron chi connectivity index (χ1n) is 10.4. The molecule has 0 bridgehead atoms. The van der Waals surface area contributed by atoms with Crippen LogP contribution in [0, 0.1) is 0 Å². The number of hydrogen-bond donors (Lipinski definition) is 2. The lowest BCUT2D eigenvalue weighted by atomic mass is 9.87. The van der Waals surface area contributed by atoms with Crippen LogP contribution in [-0.4, -0.2) is 32.3 Å². The molecule has 2 aromatic carbocycles. The maximum absolute atomic E-state index is 12.7. The van der Waals surface area contributed by atoms with E-state index in [4.69, 9.17) is 14.2 Å². The lowest BCUT2D eigenvalue weighted by Crippen LogP contribution is -2.44. The number of anilines is 1. The highest BCUT2D eigenvalue weighted by atomic mass is 16.6. The summed E-state index contributed by atoms with van der Waals surface area (Å²) in [5.74, 6) is 2.18. The van der Waals surface area contributed by atoms with Gasteiger partial charge >= 0.3 is 0 Å². The summed E-state index contributed by atoms with van der Waals surface area (Å²) >= 11 is 0. The van der Waals surface area contributed by atoms with E-state index < -0.39 is 0 Å². The molecule has 0 radical (unpaired) electrons. The van der Waals surface area contributed by atoms with E-state index in [1.165, 1.54) is 0 Å². The average Bonchev–Trinajstić information content (AvgIpc) is 3.24. The molecule has 0 atom stereocenters. The van der Waals surface area contributed by atoms with Crippen molar-refractivity contribution >= 4 is 11.6 Å². The summed E-state index contributed by atoms with van der Waals surface area (Å²) in [4.78, 5) is 12.7. The molecular formula is C23H28N2O4. The Morgan fingerprint density at radius 3 is 2.62 bits per heavy atom. The highest BCUT2D eigenvalue weighted by Gasteiger charge is 2.36. The van der Waals surface area contributed by atoms with Crippen molar-refractivity contribution in [2.24, 2.45) is 0 Å². The topological polar surface area (TPSA) is 68.8 Å². The van der Waals surface area contributed by atoms with Gasteiger partial charge in [-0.25, -0.2) is 0 Å². The number of hydrogen-bond acceptors (Lipinski definition) is 5. The first kappa shape index (κ1) is 19.6. The van der Waals surface area contributed by atoms with E-state index in [0.717, 1.165) is 42.7 Å². The van der Waals surface area contributed by atoms with Gasteiger partial charge in [-0.2, -0.15) is 0 Å². The zero-order valence-corrected chi connectivity index (χ0v) is 16.8. The molecule has 1 aliphatic heterocycles. The molecule has 2 aromatic rings. The van der Waals surface area contributed by atoms with Crippen molar-refractivity contribution in [3.63, 3.8) is 0 Å². The monoisotopic (exact) mass is 396 g/mol. The van der Waals surface area contributed by atoms with Crippen molar-refractivity contribution in [3.05, 3.63) is 48.0 Å². The molecule has 0 saturated heterocycles. The fraction of sp³-hybridized carbons (Fsp3) is 0.435. The standard InChI is InChI=1S/C23H28N2O4/c1-2-27-19-8-4-3-7-18(19)25-22(26)16-24-23(11-5-6-12-23)17-9-10-20-21(15-17)29-14-13-28-20/h3-4,7-10,15,24H,2,5-6,11-14,16H2,1H3,(H,25,26). The minimum atomic E-state index is -0.216. The second-order valence-electron chi connectivity index (χ2n) is 7.48. The number of amides is 1. The first-order valence-corrected chi connectivity index (χ1v) is 10.4. The van der Waals surface area contributed by atoms with Gasteiger partial charge in [-0.15, -0.1) is 0 Å². The zero-order chi connectivity index (χ0) is 20.1. The Balaban J connectivity index is 1.46. The molecule has 4 rings (SSSR count). The number of nitrogens with one attached hydrogen (secondary N) is 2. The second-order valence-corrected chi connectivity index (χ2v) is 7.48. The van der Waals surface area contributed by atoms with E-state index in [1.807, 2.05) is 37.3 Å². The Morgan fingerprint density at radius 2 is 1.83 bits per heavy atom. The van der Waals surface area contributed by atoms with Crippen molar-refractivity contribution in [3.8, 4) is 17.2 Å². The number of para-hydroxylation sites is 2. The minimum absolute atomic E-state index is 0.0824. The molecule has 6 nitrogen and oxygen atoms in total. The summed E-state index contributed by atoms with van der Waals surface area (Å²) < 4.78 is 17.0. The fourth-order valence-electron chi connectivity index (χ4n) is 4.18. The number of ether oxygens (including phenoxy) is 3. The Morgan fingerprint density at radius 1 is 1.07 bits per heavy atom. The van der Waals surface area contributed by atoms with Gasteiger partial charge in [0.15, 0.2) is 11.5 Å². The first-order chi connectivity index (χ1) is 14.2. The van der Waals surface area contributed by atoms with Crippen molar-refractivity contribution < 1.29 is 19.0 Å². The molecule has 1 amide bonds. The molecule has 0 unspecified atom stereocenters. The molecule has 154 valence electrons. The summed E-state index contributed by atoms with van der Waals surface area (Å²) in [5.41, 5.74) is 1.63. The molecule has 6 heteroatoms. The molecule has 0 spiro atoms. The third-order valence-corrected chi connectivity index (χ3v) is 5.60. The van der Waals surface area contributed by atoms with Gasteiger partial charge in [-0.05, 0) is 49.6 Å². The third-order valence-electron chi connectivity index (χ3n) is 5.60. The van der Waals surface area contributed by atoms with Crippen LogP contribution in [0.5, 0.6) is 17.2 Å². The van der Waals surface area contributed by atoms with E-state index in [0.29, 0.717) is 31.3 Å². The van der Waals surface area contributed by atoms with Gasteiger partial charge in [0, 0.05) is 5.54 Å². The predicted octanol–water partition coefficient (Wildman–Crippen LogP) is 3.85. The van der Waals surface area contributed by atoms with Gasteiger partial charge in [0.05, 0.1) is 18.8 Å². The Bertz CT molecular complexity index is 862. The van der Waals surface area contributed by atoms with Crippen LogP contribution in [0.2, 0.25) is 0 Å². The summed E-state index contributed by atoms with van der Waals surface area (Å²) in [6.45, 7) is 3.86. The lowest BCUT2D eigenvalue weighted by Gasteiger charge is -2.32. The van der Waals surface area contributed by atoms with Crippen LogP contribution >= 0.6 is 0 Å². The SMILES string of the molecule is CCOc1ccccc1NC(=O)CNC1(c2ccc3c(c2)OCCO3)CCCC1. The number of rotatable bonds is 7. The summed E-state index contributed by atoms with van der Waals surface area (Å²) in [7, 11) is 0. The zero-order valence-electron chi connectivity index (χ0n) is 16.8. The number of benzene rings is 2. The number of fused-ring (bicyclic) bond motifs is 1. The summed E-state index contributed by atoms with van der Waals surface area (Å²) in [6.07, 6.45) is 4.26. The fourth-order valence-corrected chi connectivity index (χ4v) is 4.18. The Labute approximate surface area is 171 Å². The number of carbonyl (C=O) groups excluding carboxylic acids is 1. The summed E-state index contributed by atoms with van der Waals surface area (Å²) in [6, 6.07) is 13.6. The largest absolute Gasteiger partial charge is 0.492 e. The summed E-state index contributed by atoms with van der Waals surface area (Å²) in [5, 5.41) is 6.51. The maximum Gasteiger partial charge on any atom is 0.238 e. The van der Waals surface area contributed by atoms with Gasteiger partial charge < -0.3 is 19.5 Å². The molecule has 1 fully saturated rings. The van der Waals surface area contributed by atoms with Crippen molar-refractivity contribution in [1.29, 1.82) is 0 Å². The quantitative estimate of drug-likeness (QED) is 0.744. The molecule has 1 aliphatic carbocycles. The van der Waals surface area contributed by atoms with Crippen molar-refractivity contribution in [2.45, 2.75) is 38.1 Å². The minimum Gasteiger partial charge on any atom is -0.492 e. The van der Waals surface area contributed by atoms with Gasteiger partial charge in [0.1, 0.15) is 19.0 Å². The Kier molecular flexibility index (Phi) is 5.90. The van der Waals surface area contributed by atoms with Crippen LogP contribution in [0.15, 0.2) is 42.5 Å². The molecule has 2 aliphatic rings. The number of carbonyl (C=O) groups is 1. The van der Waals surface area contributed by atoms with Crippen LogP contribution in [0.25, 0.3) is 0 Å². The molecule has 1 saturated carbocycles. The van der Waals surface area contributed by atoms with Gasteiger partial charge in [-0.1, -0.05) is 31.0 Å².